The van der Waals surface area contributed by atoms with Gasteiger partial charge in [0.2, 0.25) is 5.91 Å². The second-order valence-corrected chi connectivity index (χ2v) is 7.76. The molecule has 3 heterocycles. The Morgan fingerprint density at radius 2 is 1.90 bits per heavy atom. The number of amides is 1. The van der Waals surface area contributed by atoms with Gasteiger partial charge in [-0.15, -0.1) is 0 Å². The molecule has 0 aliphatic carbocycles. The van der Waals surface area contributed by atoms with E-state index in [2.05, 4.69) is 25.2 Å². The van der Waals surface area contributed by atoms with Gasteiger partial charge in [-0.05, 0) is 58.5 Å². The van der Waals surface area contributed by atoms with Crippen LogP contribution in [0.5, 0.6) is 5.75 Å². The highest BCUT2D eigenvalue weighted by molar-refractivity contribution is 5.93. The first-order chi connectivity index (χ1) is 15.0. The van der Waals surface area contributed by atoms with E-state index < -0.39 is 0 Å². The van der Waals surface area contributed by atoms with E-state index in [1.165, 1.54) is 12.8 Å². The third-order valence-corrected chi connectivity index (χ3v) is 5.54. The molecule has 8 heteroatoms. The lowest BCUT2D eigenvalue weighted by Gasteiger charge is -2.30. The van der Waals surface area contributed by atoms with Crippen LogP contribution in [-0.4, -0.2) is 52.0 Å². The number of rotatable bonds is 8. The highest BCUT2D eigenvalue weighted by Gasteiger charge is 2.18. The van der Waals surface area contributed by atoms with Crippen LogP contribution < -0.4 is 10.1 Å². The molecule has 1 fully saturated rings. The summed E-state index contributed by atoms with van der Waals surface area (Å²) in [6, 6.07) is 5.66. The van der Waals surface area contributed by atoms with Crippen molar-refractivity contribution in [3.8, 4) is 16.9 Å². The van der Waals surface area contributed by atoms with Crippen molar-refractivity contribution in [2.75, 3.05) is 31.6 Å². The standard InChI is InChI=1S/C23H27N5O3/c1-15-21(31-14-26-15)12-22(29)27-18-5-6-20(30-10-9-28-7-4-8-28)19(11-18)23-16(2)24-13-25-17(23)3/h5-6,11,13-14H,4,7-10,12H2,1-3H3,(H,27,29). The summed E-state index contributed by atoms with van der Waals surface area (Å²) in [5, 5.41) is 2.94. The number of anilines is 1. The zero-order valence-corrected chi connectivity index (χ0v) is 18.1. The Kier molecular flexibility index (Phi) is 6.27. The number of likely N-dealkylation sites (tertiary alicyclic amines) is 1. The zero-order chi connectivity index (χ0) is 21.8. The number of oxazole rings is 1. The van der Waals surface area contributed by atoms with Gasteiger partial charge in [-0.2, -0.15) is 0 Å². The average molecular weight is 422 g/mol. The van der Waals surface area contributed by atoms with Gasteiger partial charge in [0.25, 0.3) is 0 Å². The van der Waals surface area contributed by atoms with Crippen molar-refractivity contribution < 1.29 is 13.9 Å². The topological polar surface area (TPSA) is 93.4 Å². The van der Waals surface area contributed by atoms with Crippen LogP contribution in [0, 0.1) is 20.8 Å². The summed E-state index contributed by atoms with van der Waals surface area (Å²) in [5.74, 6) is 1.15. The maximum Gasteiger partial charge on any atom is 0.232 e. The van der Waals surface area contributed by atoms with Gasteiger partial charge >= 0.3 is 0 Å². The first-order valence-electron chi connectivity index (χ1n) is 10.5. The van der Waals surface area contributed by atoms with Crippen molar-refractivity contribution in [1.82, 2.24) is 19.9 Å². The summed E-state index contributed by atoms with van der Waals surface area (Å²) in [5.41, 5.74) is 4.91. The number of carbonyl (C=O) groups excluding carboxylic acids is 1. The first kappa shape index (κ1) is 21.0. The van der Waals surface area contributed by atoms with Crippen LogP contribution in [0.4, 0.5) is 5.69 Å². The van der Waals surface area contributed by atoms with Crippen LogP contribution in [0.15, 0.2) is 35.3 Å². The summed E-state index contributed by atoms with van der Waals surface area (Å²) in [4.78, 5) is 27.6. The van der Waals surface area contributed by atoms with Crippen molar-refractivity contribution in [3.05, 3.63) is 53.8 Å². The normalized spacial score (nSPS) is 13.6. The summed E-state index contributed by atoms with van der Waals surface area (Å²) in [6.45, 7) is 9.50. The molecule has 1 N–H and O–H groups in total. The Bertz CT molecular complexity index is 1050. The minimum atomic E-state index is -0.171. The van der Waals surface area contributed by atoms with Crippen molar-refractivity contribution in [3.63, 3.8) is 0 Å². The Balaban J connectivity index is 1.57. The lowest BCUT2D eigenvalue weighted by Crippen LogP contribution is -2.39. The van der Waals surface area contributed by atoms with Gasteiger partial charge in [0.05, 0.1) is 12.1 Å². The summed E-state index contributed by atoms with van der Waals surface area (Å²) < 4.78 is 11.4. The van der Waals surface area contributed by atoms with E-state index >= 15 is 0 Å². The van der Waals surface area contributed by atoms with Crippen molar-refractivity contribution in [1.29, 1.82) is 0 Å². The molecule has 1 saturated heterocycles. The van der Waals surface area contributed by atoms with E-state index in [1.54, 1.807) is 6.33 Å². The number of aromatic nitrogens is 3. The van der Waals surface area contributed by atoms with Crippen molar-refractivity contribution in [2.45, 2.75) is 33.6 Å². The summed E-state index contributed by atoms with van der Waals surface area (Å²) in [6.07, 6.45) is 4.29. The molecule has 1 amide bonds. The SMILES string of the molecule is Cc1ncoc1CC(=O)Nc1ccc(OCCN2CCC2)c(-c2c(C)ncnc2C)c1. The number of ether oxygens (including phenoxy) is 1. The van der Waals surface area contributed by atoms with Crippen LogP contribution in [0.2, 0.25) is 0 Å². The highest BCUT2D eigenvalue weighted by atomic mass is 16.5. The molecule has 1 aliphatic heterocycles. The Morgan fingerprint density at radius 1 is 1.13 bits per heavy atom. The van der Waals surface area contributed by atoms with Crippen LogP contribution in [0.3, 0.4) is 0 Å². The minimum Gasteiger partial charge on any atom is -0.492 e. The number of nitrogens with zero attached hydrogens (tertiary/aromatic N) is 4. The molecule has 4 rings (SSSR count). The lowest BCUT2D eigenvalue weighted by molar-refractivity contribution is -0.115. The molecule has 8 nitrogen and oxygen atoms in total. The fraction of sp³-hybridized carbons (Fsp3) is 0.391. The smallest absolute Gasteiger partial charge is 0.232 e. The van der Waals surface area contributed by atoms with Crippen molar-refractivity contribution in [2.24, 2.45) is 0 Å². The van der Waals surface area contributed by atoms with Gasteiger partial charge < -0.3 is 14.5 Å². The van der Waals surface area contributed by atoms with Gasteiger partial charge in [-0.25, -0.2) is 15.0 Å². The third-order valence-electron chi connectivity index (χ3n) is 5.54. The Hall–Kier alpha value is -3.26. The van der Waals surface area contributed by atoms with E-state index in [4.69, 9.17) is 9.15 Å². The number of hydrogen-bond donors (Lipinski definition) is 1. The molecule has 1 aromatic carbocycles. The summed E-state index contributed by atoms with van der Waals surface area (Å²) in [7, 11) is 0. The molecule has 162 valence electrons. The number of hydrogen-bond acceptors (Lipinski definition) is 7. The number of nitrogens with one attached hydrogen (secondary N) is 1. The maximum absolute atomic E-state index is 12.5. The van der Waals surface area contributed by atoms with Crippen LogP contribution >= 0.6 is 0 Å². The van der Waals surface area contributed by atoms with Gasteiger partial charge in [0.1, 0.15) is 24.4 Å². The second kappa shape index (κ2) is 9.26. The quantitative estimate of drug-likeness (QED) is 0.596. The minimum absolute atomic E-state index is 0.127. The monoisotopic (exact) mass is 421 g/mol. The lowest BCUT2D eigenvalue weighted by atomic mass is 10.0. The molecular weight excluding hydrogens is 394 g/mol. The Morgan fingerprint density at radius 3 is 2.55 bits per heavy atom. The molecule has 0 radical (unpaired) electrons. The van der Waals surface area contributed by atoms with E-state index in [9.17, 15) is 4.79 Å². The van der Waals surface area contributed by atoms with Gasteiger partial charge in [0, 0.05) is 34.7 Å². The number of aryl methyl sites for hydroxylation is 3. The van der Waals surface area contributed by atoms with E-state index in [-0.39, 0.29) is 12.3 Å². The fourth-order valence-corrected chi connectivity index (χ4v) is 3.65. The van der Waals surface area contributed by atoms with Crippen molar-refractivity contribution >= 4 is 11.6 Å². The molecule has 0 bridgehead atoms. The molecule has 2 aromatic heterocycles. The van der Waals surface area contributed by atoms with Gasteiger partial charge in [0.15, 0.2) is 6.39 Å². The second-order valence-electron chi connectivity index (χ2n) is 7.76. The van der Waals surface area contributed by atoms with Gasteiger partial charge in [-0.1, -0.05) is 0 Å². The largest absolute Gasteiger partial charge is 0.492 e. The van der Waals surface area contributed by atoms with Crippen LogP contribution in [0.1, 0.15) is 29.3 Å². The van der Waals surface area contributed by atoms with E-state index in [1.807, 2.05) is 39.0 Å². The molecule has 3 aromatic rings. The highest BCUT2D eigenvalue weighted by Crippen LogP contribution is 2.35. The zero-order valence-electron chi connectivity index (χ0n) is 18.1. The van der Waals surface area contributed by atoms with Gasteiger partial charge in [-0.3, -0.25) is 9.69 Å². The van der Waals surface area contributed by atoms with E-state index in [0.29, 0.717) is 18.1 Å². The first-order valence-corrected chi connectivity index (χ1v) is 10.5. The molecule has 31 heavy (non-hydrogen) atoms. The molecule has 0 unspecified atom stereocenters. The molecule has 0 spiro atoms. The Labute approximate surface area is 181 Å². The third kappa shape index (κ3) is 4.91. The predicted molar refractivity (Wildman–Crippen MR) is 117 cm³/mol. The fourth-order valence-electron chi connectivity index (χ4n) is 3.65. The molecule has 1 aliphatic rings. The average Bonchev–Trinajstić information content (AvgIpc) is 3.09. The molecular formula is C23H27N5O3. The van der Waals surface area contributed by atoms with E-state index in [0.717, 1.165) is 53.6 Å². The number of carbonyl (C=O) groups is 1. The van der Waals surface area contributed by atoms with Crippen LogP contribution in [-0.2, 0) is 11.2 Å². The van der Waals surface area contributed by atoms with Crippen LogP contribution in [0.25, 0.3) is 11.1 Å². The number of benzene rings is 1. The predicted octanol–water partition coefficient (Wildman–Crippen LogP) is 3.32. The molecule has 0 saturated carbocycles. The summed E-state index contributed by atoms with van der Waals surface area (Å²) >= 11 is 0. The molecule has 0 atom stereocenters. The maximum atomic E-state index is 12.5.